The standard InChI is InChI=1S/C19H31N3O2/c1-5-22(6-2)19(24)12-11-18(23)21-13-17(20)16-9-7-15(8-10-16)14(3)4/h7-10,14,17H,5-6,11-13,20H2,1-4H3,(H,21,23). The molecule has 0 radical (unpaired) electrons. The molecule has 0 fully saturated rings. The Bertz CT molecular complexity index is 522. The second-order valence-corrected chi connectivity index (χ2v) is 6.30. The van der Waals surface area contributed by atoms with Crippen molar-refractivity contribution in [1.29, 1.82) is 0 Å². The molecular formula is C19H31N3O2. The number of rotatable bonds is 9. The van der Waals surface area contributed by atoms with Crippen molar-refractivity contribution >= 4 is 11.8 Å². The van der Waals surface area contributed by atoms with Gasteiger partial charge in [0, 0.05) is 38.5 Å². The molecule has 5 nitrogen and oxygen atoms in total. The molecule has 0 aromatic heterocycles. The average Bonchev–Trinajstić information content (AvgIpc) is 2.58. The molecule has 0 aliphatic rings. The van der Waals surface area contributed by atoms with Crippen LogP contribution >= 0.6 is 0 Å². The van der Waals surface area contributed by atoms with E-state index in [0.717, 1.165) is 5.56 Å². The minimum absolute atomic E-state index is 0.0173. The van der Waals surface area contributed by atoms with Gasteiger partial charge in [0.15, 0.2) is 0 Å². The molecule has 1 unspecified atom stereocenters. The van der Waals surface area contributed by atoms with Crippen LogP contribution < -0.4 is 11.1 Å². The molecular weight excluding hydrogens is 302 g/mol. The summed E-state index contributed by atoms with van der Waals surface area (Å²) in [7, 11) is 0. The topological polar surface area (TPSA) is 75.4 Å². The quantitative estimate of drug-likeness (QED) is 0.729. The lowest BCUT2D eigenvalue weighted by Crippen LogP contribution is -2.34. The Morgan fingerprint density at radius 3 is 2.08 bits per heavy atom. The van der Waals surface area contributed by atoms with E-state index in [1.165, 1.54) is 5.56 Å². The van der Waals surface area contributed by atoms with Gasteiger partial charge >= 0.3 is 0 Å². The van der Waals surface area contributed by atoms with Gasteiger partial charge in [-0.3, -0.25) is 9.59 Å². The normalized spacial score (nSPS) is 12.1. The molecule has 0 saturated carbocycles. The number of hydrogen-bond acceptors (Lipinski definition) is 3. The lowest BCUT2D eigenvalue weighted by molar-refractivity contribution is -0.133. The largest absolute Gasteiger partial charge is 0.354 e. The third kappa shape index (κ3) is 6.32. The van der Waals surface area contributed by atoms with Crippen LogP contribution in [0.25, 0.3) is 0 Å². The maximum Gasteiger partial charge on any atom is 0.223 e. The van der Waals surface area contributed by atoms with Crippen molar-refractivity contribution in [3.05, 3.63) is 35.4 Å². The lowest BCUT2D eigenvalue weighted by Gasteiger charge is -2.18. The monoisotopic (exact) mass is 333 g/mol. The fourth-order valence-electron chi connectivity index (χ4n) is 2.51. The second kappa shape index (κ2) is 10.1. The summed E-state index contributed by atoms with van der Waals surface area (Å²) in [5, 5.41) is 2.81. The van der Waals surface area contributed by atoms with E-state index in [2.05, 4.69) is 31.3 Å². The van der Waals surface area contributed by atoms with E-state index in [1.54, 1.807) is 4.90 Å². The summed E-state index contributed by atoms with van der Waals surface area (Å²) < 4.78 is 0. The van der Waals surface area contributed by atoms with E-state index in [4.69, 9.17) is 5.73 Å². The fourth-order valence-corrected chi connectivity index (χ4v) is 2.51. The first-order valence-corrected chi connectivity index (χ1v) is 8.78. The summed E-state index contributed by atoms with van der Waals surface area (Å²) in [6, 6.07) is 7.93. The highest BCUT2D eigenvalue weighted by atomic mass is 16.2. The molecule has 0 heterocycles. The summed E-state index contributed by atoms with van der Waals surface area (Å²) in [6.45, 7) is 9.89. The van der Waals surface area contributed by atoms with Crippen LogP contribution in [0.15, 0.2) is 24.3 Å². The smallest absolute Gasteiger partial charge is 0.223 e. The number of nitrogens with one attached hydrogen (secondary N) is 1. The van der Waals surface area contributed by atoms with Gasteiger partial charge in [0.2, 0.25) is 11.8 Å². The average molecular weight is 333 g/mol. The van der Waals surface area contributed by atoms with Crippen molar-refractivity contribution in [1.82, 2.24) is 10.2 Å². The van der Waals surface area contributed by atoms with Gasteiger partial charge in [0.25, 0.3) is 0 Å². The van der Waals surface area contributed by atoms with Crippen LogP contribution in [0.2, 0.25) is 0 Å². The van der Waals surface area contributed by atoms with Crippen LogP contribution in [0, 0.1) is 0 Å². The van der Waals surface area contributed by atoms with E-state index in [1.807, 2.05) is 26.0 Å². The molecule has 0 aliphatic carbocycles. The molecule has 24 heavy (non-hydrogen) atoms. The van der Waals surface area contributed by atoms with Gasteiger partial charge in [-0.2, -0.15) is 0 Å². The van der Waals surface area contributed by atoms with E-state index in [0.29, 0.717) is 25.6 Å². The predicted octanol–water partition coefficient (Wildman–Crippen LogP) is 2.57. The van der Waals surface area contributed by atoms with Gasteiger partial charge in [-0.1, -0.05) is 38.1 Å². The number of amides is 2. The third-order valence-corrected chi connectivity index (χ3v) is 4.23. The minimum Gasteiger partial charge on any atom is -0.354 e. The van der Waals surface area contributed by atoms with Crippen molar-refractivity contribution in [3.63, 3.8) is 0 Å². The molecule has 5 heteroatoms. The molecule has 0 spiro atoms. The number of nitrogens with zero attached hydrogens (tertiary/aromatic N) is 1. The lowest BCUT2D eigenvalue weighted by atomic mass is 9.99. The van der Waals surface area contributed by atoms with E-state index < -0.39 is 0 Å². The van der Waals surface area contributed by atoms with Crippen LogP contribution in [0.4, 0.5) is 0 Å². The van der Waals surface area contributed by atoms with Gasteiger partial charge < -0.3 is 16.0 Å². The van der Waals surface area contributed by atoms with Crippen LogP contribution in [-0.2, 0) is 9.59 Å². The maximum atomic E-state index is 11.9. The van der Waals surface area contributed by atoms with E-state index in [-0.39, 0.29) is 30.7 Å². The number of nitrogens with two attached hydrogens (primary N) is 1. The summed E-state index contributed by atoms with van der Waals surface area (Å²) >= 11 is 0. The minimum atomic E-state index is -0.242. The first kappa shape index (κ1) is 20.2. The van der Waals surface area contributed by atoms with Crippen molar-refractivity contribution < 1.29 is 9.59 Å². The highest BCUT2D eigenvalue weighted by Gasteiger charge is 2.13. The van der Waals surface area contributed by atoms with Crippen LogP contribution in [-0.4, -0.2) is 36.3 Å². The van der Waals surface area contributed by atoms with Gasteiger partial charge in [0.05, 0.1) is 0 Å². The molecule has 1 atom stereocenters. The summed E-state index contributed by atoms with van der Waals surface area (Å²) in [5.74, 6) is 0.367. The number of carbonyl (C=O) groups is 2. The molecule has 0 saturated heterocycles. The van der Waals surface area contributed by atoms with Gasteiger partial charge in [-0.15, -0.1) is 0 Å². The zero-order chi connectivity index (χ0) is 18.1. The zero-order valence-electron chi connectivity index (χ0n) is 15.3. The zero-order valence-corrected chi connectivity index (χ0v) is 15.3. The number of hydrogen-bond donors (Lipinski definition) is 2. The van der Waals surface area contributed by atoms with Crippen LogP contribution in [0.1, 0.15) is 63.6 Å². The first-order valence-electron chi connectivity index (χ1n) is 8.78. The Morgan fingerprint density at radius 1 is 1.04 bits per heavy atom. The van der Waals surface area contributed by atoms with Crippen molar-refractivity contribution in [3.8, 4) is 0 Å². The van der Waals surface area contributed by atoms with Gasteiger partial charge in [0.1, 0.15) is 0 Å². The molecule has 0 bridgehead atoms. The molecule has 2 amide bonds. The summed E-state index contributed by atoms with van der Waals surface area (Å²) in [6.07, 6.45) is 0.445. The van der Waals surface area contributed by atoms with Gasteiger partial charge in [-0.25, -0.2) is 0 Å². The molecule has 1 aromatic carbocycles. The third-order valence-electron chi connectivity index (χ3n) is 4.23. The predicted molar refractivity (Wildman–Crippen MR) is 97.6 cm³/mol. The Morgan fingerprint density at radius 2 is 1.58 bits per heavy atom. The van der Waals surface area contributed by atoms with E-state index in [9.17, 15) is 9.59 Å². The van der Waals surface area contributed by atoms with Crippen molar-refractivity contribution in [2.45, 2.75) is 52.5 Å². The highest BCUT2D eigenvalue weighted by molar-refractivity contribution is 5.83. The van der Waals surface area contributed by atoms with Gasteiger partial charge in [-0.05, 0) is 30.9 Å². The maximum absolute atomic E-state index is 11.9. The molecule has 1 aromatic rings. The van der Waals surface area contributed by atoms with Crippen LogP contribution in [0.5, 0.6) is 0 Å². The second-order valence-electron chi connectivity index (χ2n) is 6.30. The number of benzene rings is 1. The Hall–Kier alpha value is -1.88. The SMILES string of the molecule is CCN(CC)C(=O)CCC(=O)NCC(N)c1ccc(C(C)C)cc1. The Labute approximate surface area is 145 Å². The molecule has 3 N–H and O–H groups in total. The molecule has 0 aliphatic heterocycles. The number of carbonyl (C=O) groups excluding carboxylic acids is 2. The van der Waals surface area contributed by atoms with Crippen molar-refractivity contribution in [2.24, 2.45) is 5.73 Å². The van der Waals surface area contributed by atoms with Crippen molar-refractivity contribution in [2.75, 3.05) is 19.6 Å². The molecule has 134 valence electrons. The Balaban J connectivity index is 2.39. The first-order chi connectivity index (χ1) is 11.4. The fraction of sp³-hybridized carbons (Fsp3) is 0.579. The summed E-state index contributed by atoms with van der Waals surface area (Å²) in [4.78, 5) is 25.5. The summed E-state index contributed by atoms with van der Waals surface area (Å²) in [5.41, 5.74) is 8.39. The molecule has 1 rings (SSSR count). The highest BCUT2D eigenvalue weighted by Crippen LogP contribution is 2.17. The van der Waals surface area contributed by atoms with E-state index >= 15 is 0 Å². The van der Waals surface area contributed by atoms with Crippen LogP contribution in [0.3, 0.4) is 0 Å². The Kier molecular flexibility index (Phi) is 8.47.